The van der Waals surface area contributed by atoms with Crippen molar-refractivity contribution in [3.8, 4) is 0 Å². The van der Waals surface area contributed by atoms with Gasteiger partial charge in [0.15, 0.2) is 0 Å². The molecule has 18 heavy (non-hydrogen) atoms. The molecule has 0 fully saturated rings. The standard InChI is InChI=1S/C12H16N4O2/c1-8-3-2-4-9-11(8)16(12(14)15-9)5-6-18-7-10(13)17/h2-4H,5-7H2,1H3,(H2,13,17)(H2,14,15). The number of hydrogen-bond donors (Lipinski definition) is 2. The minimum atomic E-state index is -0.477. The number of primary amides is 1. The number of amides is 1. The van der Waals surface area contributed by atoms with Gasteiger partial charge < -0.3 is 20.8 Å². The van der Waals surface area contributed by atoms with Crippen LogP contribution in [0.25, 0.3) is 11.0 Å². The van der Waals surface area contributed by atoms with E-state index in [1.807, 2.05) is 29.7 Å². The highest BCUT2D eigenvalue weighted by atomic mass is 16.5. The van der Waals surface area contributed by atoms with Crippen LogP contribution < -0.4 is 11.5 Å². The second-order valence-electron chi connectivity index (χ2n) is 4.08. The Morgan fingerprint density at radius 2 is 2.28 bits per heavy atom. The van der Waals surface area contributed by atoms with Crippen LogP contribution in [0.5, 0.6) is 0 Å². The van der Waals surface area contributed by atoms with Crippen LogP contribution in [-0.2, 0) is 16.1 Å². The summed E-state index contributed by atoms with van der Waals surface area (Å²) in [5.41, 5.74) is 13.8. The van der Waals surface area contributed by atoms with Crippen molar-refractivity contribution in [2.45, 2.75) is 13.5 Å². The Bertz CT molecular complexity index is 577. The number of imidazole rings is 1. The molecule has 0 radical (unpaired) electrons. The van der Waals surface area contributed by atoms with Gasteiger partial charge in [-0.05, 0) is 18.6 Å². The Hall–Kier alpha value is -2.08. The lowest BCUT2D eigenvalue weighted by Gasteiger charge is -2.08. The average Bonchev–Trinajstić information content (AvgIpc) is 2.62. The number of rotatable bonds is 5. The molecule has 0 atom stereocenters. The van der Waals surface area contributed by atoms with Crippen LogP contribution in [0.1, 0.15) is 5.56 Å². The molecular weight excluding hydrogens is 232 g/mol. The predicted molar refractivity (Wildman–Crippen MR) is 68.9 cm³/mol. The molecule has 1 aromatic carbocycles. The third-order valence-electron chi connectivity index (χ3n) is 2.70. The number of anilines is 1. The summed E-state index contributed by atoms with van der Waals surface area (Å²) in [5, 5.41) is 0. The van der Waals surface area contributed by atoms with E-state index >= 15 is 0 Å². The molecule has 2 rings (SSSR count). The number of nitrogens with zero attached hydrogens (tertiary/aromatic N) is 2. The van der Waals surface area contributed by atoms with E-state index in [4.69, 9.17) is 16.2 Å². The van der Waals surface area contributed by atoms with E-state index in [0.717, 1.165) is 16.6 Å². The Balaban J connectivity index is 2.17. The van der Waals surface area contributed by atoms with Gasteiger partial charge in [0.05, 0.1) is 17.6 Å². The van der Waals surface area contributed by atoms with E-state index < -0.39 is 5.91 Å². The molecule has 4 N–H and O–H groups in total. The summed E-state index contributed by atoms with van der Waals surface area (Å²) in [5.74, 6) is -0.0309. The molecule has 1 aromatic heterocycles. The Morgan fingerprint density at radius 1 is 1.50 bits per heavy atom. The molecule has 0 aliphatic heterocycles. The van der Waals surface area contributed by atoms with E-state index in [1.54, 1.807) is 0 Å². The Labute approximate surface area is 105 Å². The SMILES string of the molecule is Cc1cccc2nc(N)n(CCOCC(N)=O)c12. The van der Waals surface area contributed by atoms with E-state index in [-0.39, 0.29) is 6.61 Å². The zero-order valence-electron chi connectivity index (χ0n) is 10.2. The molecular formula is C12H16N4O2. The normalized spacial score (nSPS) is 10.9. The lowest BCUT2D eigenvalue weighted by molar-refractivity contribution is -0.122. The maximum atomic E-state index is 10.5. The number of para-hydroxylation sites is 1. The Kier molecular flexibility index (Phi) is 3.47. The predicted octanol–water partition coefficient (Wildman–Crippen LogP) is 0.429. The molecule has 0 bridgehead atoms. The first kappa shape index (κ1) is 12.4. The van der Waals surface area contributed by atoms with Gasteiger partial charge in [-0.2, -0.15) is 0 Å². The van der Waals surface area contributed by atoms with Crippen molar-refractivity contribution < 1.29 is 9.53 Å². The van der Waals surface area contributed by atoms with E-state index in [2.05, 4.69) is 4.98 Å². The van der Waals surface area contributed by atoms with Crippen molar-refractivity contribution in [3.63, 3.8) is 0 Å². The molecule has 0 unspecified atom stereocenters. The van der Waals surface area contributed by atoms with Gasteiger partial charge in [-0.3, -0.25) is 4.79 Å². The summed E-state index contributed by atoms with van der Waals surface area (Å²) in [6, 6.07) is 5.86. The maximum Gasteiger partial charge on any atom is 0.243 e. The fourth-order valence-corrected chi connectivity index (χ4v) is 1.94. The number of carbonyl (C=O) groups excluding carboxylic acids is 1. The fourth-order valence-electron chi connectivity index (χ4n) is 1.94. The summed E-state index contributed by atoms with van der Waals surface area (Å²) < 4.78 is 7.01. The first-order chi connectivity index (χ1) is 8.59. The molecule has 6 heteroatoms. The number of nitrogen functional groups attached to an aromatic ring is 1. The van der Waals surface area contributed by atoms with Crippen molar-refractivity contribution in [2.24, 2.45) is 5.73 Å². The van der Waals surface area contributed by atoms with Gasteiger partial charge in [0.1, 0.15) is 6.61 Å². The van der Waals surface area contributed by atoms with Crippen molar-refractivity contribution in [2.75, 3.05) is 18.9 Å². The van der Waals surface area contributed by atoms with Crippen LogP contribution in [-0.4, -0.2) is 28.7 Å². The van der Waals surface area contributed by atoms with E-state index in [1.165, 1.54) is 0 Å². The lowest BCUT2D eigenvalue weighted by Crippen LogP contribution is -2.20. The highest BCUT2D eigenvalue weighted by Gasteiger charge is 2.09. The molecule has 1 heterocycles. The van der Waals surface area contributed by atoms with Crippen molar-refractivity contribution in [1.29, 1.82) is 0 Å². The second-order valence-corrected chi connectivity index (χ2v) is 4.08. The number of aryl methyl sites for hydroxylation is 1. The zero-order valence-corrected chi connectivity index (χ0v) is 10.2. The molecule has 2 aromatic rings. The van der Waals surface area contributed by atoms with Gasteiger partial charge in [-0.15, -0.1) is 0 Å². The number of hydrogen-bond acceptors (Lipinski definition) is 4. The fraction of sp³-hybridized carbons (Fsp3) is 0.333. The van der Waals surface area contributed by atoms with Crippen LogP contribution in [0, 0.1) is 6.92 Å². The molecule has 1 amide bonds. The molecule has 0 aliphatic rings. The third-order valence-corrected chi connectivity index (χ3v) is 2.70. The first-order valence-electron chi connectivity index (χ1n) is 5.67. The molecule has 96 valence electrons. The minimum Gasteiger partial charge on any atom is -0.370 e. The van der Waals surface area contributed by atoms with Gasteiger partial charge >= 0.3 is 0 Å². The van der Waals surface area contributed by atoms with Gasteiger partial charge in [-0.1, -0.05) is 12.1 Å². The summed E-state index contributed by atoms with van der Waals surface area (Å²) in [6.45, 7) is 2.84. The van der Waals surface area contributed by atoms with E-state index in [9.17, 15) is 4.79 Å². The highest BCUT2D eigenvalue weighted by molar-refractivity contribution is 5.81. The minimum absolute atomic E-state index is 0.0779. The largest absolute Gasteiger partial charge is 0.370 e. The topological polar surface area (TPSA) is 96.2 Å². The number of ether oxygens (including phenoxy) is 1. The number of carbonyl (C=O) groups is 1. The molecule has 0 spiro atoms. The number of fused-ring (bicyclic) bond motifs is 1. The van der Waals surface area contributed by atoms with Gasteiger partial charge in [0, 0.05) is 6.54 Å². The Morgan fingerprint density at radius 3 is 3.00 bits per heavy atom. The number of benzene rings is 1. The van der Waals surface area contributed by atoms with Crippen LogP contribution in [0.15, 0.2) is 18.2 Å². The average molecular weight is 248 g/mol. The summed E-state index contributed by atoms with van der Waals surface area (Å²) in [4.78, 5) is 14.8. The van der Waals surface area contributed by atoms with Crippen molar-refractivity contribution in [1.82, 2.24) is 9.55 Å². The van der Waals surface area contributed by atoms with Crippen LogP contribution in [0.3, 0.4) is 0 Å². The third kappa shape index (κ3) is 2.43. The lowest BCUT2D eigenvalue weighted by atomic mass is 10.2. The molecule has 0 aliphatic carbocycles. The molecule has 6 nitrogen and oxygen atoms in total. The molecule has 0 saturated carbocycles. The first-order valence-corrected chi connectivity index (χ1v) is 5.67. The summed E-state index contributed by atoms with van der Waals surface area (Å²) >= 11 is 0. The van der Waals surface area contributed by atoms with Crippen molar-refractivity contribution in [3.05, 3.63) is 23.8 Å². The van der Waals surface area contributed by atoms with Gasteiger partial charge in [0.25, 0.3) is 0 Å². The van der Waals surface area contributed by atoms with Crippen LogP contribution in [0.4, 0.5) is 5.95 Å². The zero-order chi connectivity index (χ0) is 13.1. The van der Waals surface area contributed by atoms with Crippen LogP contribution in [0.2, 0.25) is 0 Å². The monoisotopic (exact) mass is 248 g/mol. The molecule has 0 saturated heterocycles. The van der Waals surface area contributed by atoms with Crippen molar-refractivity contribution >= 4 is 22.9 Å². The van der Waals surface area contributed by atoms with Crippen LogP contribution >= 0.6 is 0 Å². The number of nitrogens with two attached hydrogens (primary N) is 2. The van der Waals surface area contributed by atoms with E-state index in [0.29, 0.717) is 19.1 Å². The second kappa shape index (κ2) is 5.05. The maximum absolute atomic E-state index is 10.5. The summed E-state index contributed by atoms with van der Waals surface area (Å²) in [6.07, 6.45) is 0. The summed E-state index contributed by atoms with van der Waals surface area (Å²) in [7, 11) is 0. The quantitative estimate of drug-likeness (QED) is 0.750. The number of aromatic nitrogens is 2. The van der Waals surface area contributed by atoms with Gasteiger partial charge in [0.2, 0.25) is 11.9 Å². The van der Waals surface area contributed by atoms with Gasteiger partial charge in [-0.25, -0.2) is 4.98 Å². The highest BCUT2D eigenvalue weighted by Crippen LogP contribution is 2.20. The smallest absolute Gasteiger partial charge is 0.243 e.